The van der Waals surface area contributed by atoms with Gasteiger partial charge in [-0.2, -0.15) is 0 Å². The van der Waals surface area contributed by atoms with E-state index in [1.165, 1.54) is 12.8 Å². The second kappa shape index (κ2) is 7.91. The lowest BCUT2D eigenvalue weighted by atomic mass is 9.75. The van der Waals surface area contributed by atoms with Gasteiger partial charge in [-0.25, -0.2) is 5.01 Å². The van der Waals surface area contributed by atoms with E-state index in [1.54, 1.807) is 0 Å². The molecule has 2 aliphatic rings. The first-order chi connectivity index (χ1) is 14.2. The van der Waals surface area contributed by atoms with Gasteiger partial charge in [0.25, 0.3) is 0 Å². The molecule has 1 fully saturated rings. The monoisotopic (exact) mass is 409 g/mol. The zero-order chi connectivity index (χ0) is 21.5. The molecule has 1 aliphatic heterocycles. The van der Waals surface area contributed by atoms with Crippen LogP contribution >= 0.6 is 0 Å². The number of anilines is 1. The van der Waals surface area contributed by atoms with E-state index in [4.69, 9.17) is 0 Å². The molecule has 6 heteroatoms. The first-order valence-corrected chi connectivity index (χ1v) is 10.8. The fraction of sp³-hybridized carbons (Fsp3) is 0.500. The highest BCUT2D eigenvalue weighted by atomic mass is 16.4. The van der Waals surface area contributed by atoms with Crippen molar-refractivity contribution in [3.8, 4) is 0 Å². The number of benzene rings is 1. The van der Waals surface area contributed by atoms with Crippen LogP contribution in [-0.4, -0.2) is 39.5 Å². The van der Waals surface area contributed by atoms with Crippen molar-refractivity contribution in [1.82, 2.24) is 9.58 Å². The van der Waals surface area contributed by atoms with Crippen molar-refractivity contribution in [3.63, 3.8) is 0 Å². The Kier molecular flexibility index (Phi) is 5.45. The van der Waals surface area contributed by atoms with Crippen LogP contribution in [0.25, 0.3) is 0 Å². The van der Waals surface area contributed by atoms with Crippen LogP contribution in [0.15, 0.2) is 24.3 Å². The van der Waals surface area contributed by atoms with Crippen molar-refractivity contribution >= 4 is 17.4 Å². The van der Waals surface area contributed by atoms with Crippen LogP contribution in [0, 0.1) is 12.3 Å². The van der Waals surface area contributed by atoms with E-state index >= 15 is 0 Å². The molecular weight excluding hydrogens is 378 g/mol. The highest BCUT2D eigenvalue weighted by Gasteiger charge is 2.34. The van der Waals surface area contributed by atoms with Crippen LogP contribution in [0.5, 0.6) is 0 Å². The molecule has 2 heterocycles. The summed E-state index contributed by atoms with van der Waals surface area (Å²) >= 11 is 0. The zero-order valence-electron chi connectivity index (χ0n) is 18.1. The van der Waals surface area contributed by atoms with Gasteiger partial charge in [-0.1, -0.05) is 13.8 Å². The second-order valence-electron chi connectivity index (χ2n) is 9.42. The molecule has 0 amide bonds. The van der Waals surface area contributed by atoms with Crippen LogP contribution in [-0.2, 0) is 24.2 Å². The van der Waals surface area contributed by atoms with Crippen LogP contribution < -0.4 is 5.43 Å². The number of carboxylic acid groups (broad SMARTS) is 1. The quantitative estimate of drug-likeness (QED) is 0.704. The Bertz CT molecular complexity index is 967. The van der Waals surface area contributed by atoms with Gasteiger partial charge in [-0.3, -0.25) is 9.59 Å². The van der Waals surface area contributed by atoms with Gasteiger partial charge in [0.2, 0.25) is 0 Å². The lowest BCUT2D eigenvalue weighted by molar-refractivity contribution is -0.137. The van der Waals surface area contributed by atoms with Crippen molar-refractivity contribution < 1.29 is 14.7 Å². The number of aliphatic carboxylic acids is 1. The molecule has 4 rings (SSSR count). The number of hydrogen-bond acceptors (Lipinski definition) is 4. The number of hydrogen-bond donors (Lipinski definition) is 2. The molecule has 2 N–H and O–H groups in total. The summed E-state index contributed by atoms with van der Waals surface area (Å²) in [6, 6.07) is 7.64. The number of fused-ring (bicyclic) bond motifs is 1. The molecule has 2 aromatic rings. The number of hydrazine groups is 1. The summed E-state index contributed by atoms with van der Waals surface area (Å²) in [6.45, 7) is 8.29. The summed E-state index contributed by atoms with van der Waals surface area (Å²) < 4.78 is 1.84. The third-order valence-electron chi connectivity index (χ3n) is 6.50. The number of rotatable bonds is 6. The van der Waals surface area contributed by atoms with E-state index in [0.29, 0.717) is 11.1 Å². The summed E-state index contributed by atoms with van der Waals surface area (Å²) in [7, 11) is 0. The van der Waals surface area contributed by atoms with E-state index in [0.717, 1.165) is 55.0 Å². The molecule has 0 atom stereocenters. The minimum absolute atomic E-state index is 0.0155. The Morgan fingerprint density at radius 2 is 1.80 bits per heavy atom. The molecule has 6 nitrogen and oxygen atoms in total. The molecule has 0 unspecified atom stereocenters. The first kappa shape index (κ1) is 20.7. The summed E-state index contributed by atoms with van der Waals surface area (Å²) in [5, 5.41) is 11.6. The molecule has 0 spiro atoms. The summed E-state index contributed by atoms with van der Waals surface area (Å²) in [5.41, 5.74) is 8.64. The predicted octanol–water partition coefficient (Wildman–Crippen LogP) is 4.05. The van der Waals surface area contributed by atoms with E-state index in [-0.39, 0.29) is 17.7 Å². The van der Waals surface area contributed by atoms with Gasteiger partial charge in [0.15, 0.2) is 5.78 Å². The van der Waals surface area contributed by atoms with E-state index in [1.807, 2.05) is 35.8 Å². The Balaban J connectivity index is 1.66. The second-order valence-corrected chi connectivity index (χ2v) is 9.42. The maximum absolute atomic E-state index is 13.5. The topological polar surface area (TPSA) is 74.6 Å². The van der Waals surface area contributed by atoms with Gasteiger partial charge >= 0.3 is 5.97 Å². The Hall–Kier alpha value is -2.60. The Morgan fingerprint density at radius 3 is 2.43 bits per heavy atom. The molecule has 1 saturated heterocycles. The average molecular weight is 410 g/mol. The molecule has 160 valence electrons. The van der Waals surface area contributed by atoms with Crippen molar-refractivity contribution in [1.29, 1.82) is 0 Å². The number of carbonyl (C=O) groups excluding carboxylic acids is 1. The first-order valence-electron chi connectivity index (χ1n) is 10.8. The molecular formula is C24H31N3O3. The van der Waals surface area contributed by atoms with Crippen molar-refractivity contribution in [2.75, 3.05) is 18.5 Å². The van der Waals surface area contributed by atoms with Crippen LogP contribution in [0.2, 0.25) is 0 Å². The van der Waals surface area contributed by atoms with Crippen LogP contribution in [0.3, 0.4) is 0 Å². The SMILES string of the molecule is Cc1c(C(=O)c2ccc(NN3CCCC3)cc2)c2c(n1CC(=O)O)CCC(C)(C)C2. The summed E-state index contributed by atoms with van der Waals surface area (Å²) in [5.74, 6) is -0.893. The molecule has 0 bridgehead atoms. The Labute approximate surface area is 177 Å². The number of nitrogens with one attached hydrogen (secondary N) is 1. The number of carboxylic acids is 1. The zero-order valence-corrected chi connectivity index (χ0v) is 18.1. The number of carbonyl (C=O) groups is 2. The molecule has 0 radical (unpaired) electrons. The van der Waals surface area contributed by atoms with Gasteiger partial charge in [0.1, 0.15) is 6.54 Å². The normalized spacial score (nSPS) is 18.2. The van der Waals surface area contributed by atoms with Gasteiger partial charge in [0, 0.05) is 41.3 Å². The van der Waals surface area contributed by atoms with Gasteiger partial charge in [-0.15, -0.1) is 0 Å². The van der Waals surface area contributed by atoms with Gasteiger partial charge < -0.3 is 15.1 Å². The average Bonchev–Trinajstić information content (AvgIpc) is 3.27. The van der Waals surface area contributed by atoms with Crippen LogP contribution in [0.1, 0.15) is 66.0 Å². The molecule has 30 heavy (non-hydrogen) atoms. The maximum atomic E-state index is 13.5. The highest BCUT2D eigenvalue weighted by Crippen LogP contribution is 2.39. The Morgan fingerprint density at radius 1 is 1.13 bits per heavy atom. The lowest BCUT2D eigenvalue weighted by Crippen LogP contribution is -2.26. The van der Waals surface area contributed by atoms with E-state index in [9.17, 15) is 14.7 Å². The summed E-state index contributed by atoms with van der Waals surface area (Å²) in [4.78, 5) is 25.0. The maximum Gasteiger partial charge on any atom is 0.323 e. The number of ketones is 1. The smallest absolute Gasteiger partial charge is 0.323 e. The lowest BCUT2D eigenvalue weighted by Gasteiger charge is -2.30. The van der Waals surface area contributed by atoms with Crippen LogP contribution in [0.4, 0.5) is 5.69 Å². The number of nitrogens with zero attached hydrogens (tertiary/aromatic N) is 2. The third-order valence-corrected chi connectivity index (χ3v) is 6.50. The standard InChI is InChI=1S/C24H31N3O3/c1-16-22(19-14-24(2,3)11-10-20(19)27(16)15-21(28)29)23(30)17-6-8-18(9-7-17)25-26-12-4-5-13-26/h6-9,25H,4-5,10-15H2,1-3H3,(H,28,29). The summed E-state index contributed by atoms with van der Waals surface area (Å²) in [6.07, 6.45) is 5.01. The van der Waals surface area contributed by atoms with E-state index < -0.39 is 5.97 Å². The predicted molar refractivity (Wildman–Crippen MR) is 117 cm³/mol. The third kappa shape index (κ3) is 4.01. The fourth-order valence-corrected chi connectivity index (χ4v) is 4.87. The number of aromatic nitrogens is 1. The largest absolute Gasteiger partial charge is 0.480 e. The minimum atomic E-state index is -0.878. The van der Waals surface area contributed by atoms with Gasteiger partial charge in [0.05, 0.1) is 0 Å². The van der Waals surface area contributed by atoms with Crippen molar-refractivity contribution in [2.45, 2.75) is 59.4 Å². The van der Waals surface area contributed by atoms with Gasteiger partial charge in [-0.05, 0) is 74.3 Å². The van der Waals surface area contributed by atoms with Crippen molar-refractivity contribution in [3.05, 3.63) is 52.3 Å². The molecule has 1 aliphatic carbocycles. The molecule has 0 saturated carbocycles. The molecule has 1 aromatic carbocycles. The van der Waals surface area contributed by atoms with Crippen molar-refractivity contribution in [2.24, 2.45) is 5.41 Å². The molecule has 1 aromatic heterocycles. The minimum Gasteiger partial charge on any atom is -0.480 e. The fourth-order valence-electron chi connectivity index (χ4n) is 4.87. The highest BCUT2D eigenvalue weighted by molar-refractivity contribution is 6.11. The van der Waals surface area contributed by atoms with E-state index in [2.05, 4.69) is 24.3 Å².